The van der Waals surface area contributed by atoms with Gasteiger partial charge in [0.25, 0.3) is 0 Å². The lowest BCUT2D eigenvalue weighted by Crippen LogP contribution is -2.08. The van der Waals surface area contributed by atoms with Crippen LogP contribution in [0.5, 0.6) is 0 Å². The molecule has 0 N–H and O–H groups in total. The molecule has 0 aliphatic rings. The highest BCUT2D eigenvalue weighted by Gasteiger charge is 1.97. The number of pyridine rings is 1. The van der Waals surface area contributed by atoms with Gasteiger partial charge in [0.1, 0.15) is 0 Å². The summed E-state index contributed by atoms with van der Waals surface area (Å²) in [7, 11) is 3.88. The normalized spacial score (nSPS) is 10.4. The van der Waals surface area contributed by atoms with Crippen molar-refractivity contribution in [2.75, 3.05) is 25.6 Å². The van der Waals surface area contributed by atoms with Crippen LogP contribution in [0.3, 0.4) is 0 Å². The van der Waals surface area contributed by atoms with Crippen molar-refractivity contribution < 1.29 is 9.53 Å². The summed E-state index contributed by atoms with van der Waals surface area (Å²) in [5, 5.41) is 0. The van der Waals surface area contributed by atoms with E-state index < -0.39 is 0 Å². The summed E-state index contributed by atoms with van der Waals surface area (Å²) >= 11 is 0. The van der Waals surface area contributed by atoms with Crippen molar-refractivity contribution in [3.8, 4) is 0 Å². The van der Waals surface area contributed by atoms with E-state index in [2.05, 4.69) is 4.98 Å². The Morgan fingerprint density at radius 1 is 1.50 bits per heavy atom. The van der Waals surface area contributed by atoms with E-state index in [1.165, 1.54) is 6.08 Å². The Morgan fingerprint density at radius 3 is 2.88 bits per heavy atom. The number of ether oxygens (including phenoxy) is 1. The van der Waals surface area contributed by atoms with Crippen molar-refractivity contribution in [1.29, 1.82) is 0 Å². The smallest absolute Gasteiger partial charge is 0.330 e. The highest BCUT2D eigenvalue weighted by molar-refractivity contribution is 5.87. The van der Waals surface area contributed by atoms with E-state index in [4.69, 9.17) is 4.74 Å². The van der Waals surface area contributed by atoms with E-state index in [1.807, 2.05) is 25.1 Å². The lowest BCUT2D eigenvalue weighted by molar-refractivity contribution is -0.137. The topological polar surface area (TPSA) is 42.4 Å². The Morgan fingerprint density at radius 2 is 2.25 bits per heavy atom. The van der Waals surface area contributed by atoms with Crippen LogP contribution < -0.4 is 4.90 Å². The van der Waals surface area contributed by atoms with Gasteiger partial charge in [0.15, 0.2) is 0 Å². The van der Waals surface area contributed by atoms with Gasteiger partial charge in [-0.3, -0.25) is 4.98 Å². The van der Waals surface area contributed by atoms with Crippen molar-refractivity contribution in [2.45, 2.75) is 6.92 Å². The summed E-state index contributed by atoms with van der Waals surface area (Å²) in [6.07, 6.45) is 6.56. The molecule has 0 aliphatic carbocycles. The van der Waals surface area contributed by atoms with Crippen LogP contribution in [0.15, 0.2) is 24.5 Å². The van der Waals surface area contributed by atoms with Crippen LogP contribution in [-0.4, -0.2) is 31.7 Å². The molecule has 0 fully saturated rings. The summed E-state index contributed by atoms with van der Waals surface area (Å²) in [5.74, 6) is -0.335. The van der Waals surface area contributed by atoms with E-state index >= 15 is 0 Å². The molecule has 0 unspecified atom stereocenters. The molecular formula is C12H16N2O2. The summed E-state index contributed by atoms with van der Waals surface area (Å²) in [6.45, 7) is 2.17. The van der Waals surface area contributed by atoms with E-state index in [-0.39, 0.29) is 5.97 Å². The molecular weight excluding hydrogens is 204 g/mol. The number of rotatable bonds is 4. The maximum absolute atomic E-state index is 11.1. The first kappa shape index (κ1) is 12.2. The predicted octanol–water partition coefficient (Wildman–Crippen LogP) is 1.72. The minimum atomic E-state index is -0.335. The third kappa shape index (κ3) is 3.73. The molecule has 0 bridgehead atoms. The predicted molar refractivity (Wildman–Crippen MR) is 64.2 cm³/mol. The first-order valence-corrected chi connectivity index (χ1v) is 5.10. The lowest BCUT2D eigenvalue weighted by Gasteiger charge is -2.11. The number of carbonyl (C=O) groups is 1. The Kier molecular flexibility index (Phi) is 4.51. The van der Waals surface area contributed by atoms with Crippen molar-refractivity contribution >= 4 is 17.7 Å². The van der Waals surface area contributed by atoms with Gasteiger partial charge in [0.2, 0.25) is 0 Å². The van der Waals surface area contributed by atoms with E-state index in [9.17, 15) is 4.79 Å². The average Bonchev–Trinajstić information content (AvgIpc) is 2.27. The molecule has 1 aromatic rings. The van der Waals surface area contributed by atoms with Crippen molar-refractivity contribution in [1.82, 2.24) is 4.98 Å². The van der Waals surface area contributed by atoms with Gasteiger partial charge in [0, 0.05) is 26.4 Å². The van der Waals surface area contributed by atoms with Gasteiger partial charge in [-0.25, -0.2) is 4.79 Å². The standard InChI is InChI=1S/C12H16N2O2/c1-4-16-12(15)6-5-10-7-11(14(2)3)9-13-8-10/h5-9H,4H2,1-3H3/b6-5+. The second-order valence-electron chi connectivity index (χ2n) is 3.46. The third-order valence-electron chi connectivity index (χ3n) is 1.96. The SMILES string of the molecule is CCOC(=O)/C=C/c1cncc(N(C)C)c1. The fourth-order valence-corrected chi connectivity index (χ4v) is 1.14. The fraction of sp³-hybridized carbons (Fsp3) is 0.333. The number of aromatic nitrogens is 1. The van der Waals surface area contributed by atoms with Crippen LogP contribution in [0.25, 0.3) is 6.08 Å². The zero-order chi connectivity index (χ0) is 12.0. The van der Waals surface area contributed by atoms with Crippen molar-refractivity contribution in [2.24, 2.45) is 0 Å². The minimum absolute atomic E-state index is 0.335. The molecule has 1 rings (SSSR count). The van der Waals surface area contributed by atoms with Crippen LogP contribution in [0, 0.1) is 0 Å². The maximum Gasteiger partial charge on any atom is 0.330 e. The molecule has 0 aromatic carbocycles. The van der Waals surface area contributed by atoms with Gasteiger partial charge in [-0.1, -0.05) is 0 Å². The van der Waals surface area contributed by atoms with Gasteiger partial charge >= 0.3 is 5.97 Å². The number of nitrogens with zero attached hydrogens (tertiary/aromatic N) is 2. The molecule has 4 nitrogen and oxygen atoms in total. The molecule has 0 radical (unpaired) electrons. The average molecular weight is 220 g/mol. The van der Waals surface area contributed by atoms with E-state index in [1.54, 1.807) is 25.4 Å². The summed E-state index contributed by atoms with van der Waals surface area (Å²) in [4.78, 5) is 17.1. The molecule has 0 aliphatic heterocycles. The molecule has 0 saturated carbocycles. The van der Waals surface area contributed by atoms with Crippen LogP contribution in [0.4, 0.5) is 5.69 Å². The van der Waals surface area contributed by atoms with Crippen LogP contribution in [-0.2, 0) is 9.53 Å². The van der Waals surface area contributed by atoms with Gasteiger partial charge in [0.05, 0.1) is 18.5 Å². The third-order valence-corrected chi connectivity index (χ3v) is 1.96. The monoisotopic (exact) mass is 220 g/mol. The van der Waals surface area contributed by atoms with Gasteiger partial charge < -0.3 is 9.64 Å². The first-order chi connectivity index (χ1) is 7.63. The highest BCUT2D eigenvalue weighted by Crippen LogP contribution is 2.12. The molecule has 0 spiro atoms. The largest absolute Gasteiger partial charge is 0.463 e. The van der Waals surface area contributed by atoms with Gasteiger partial charge in [-0.05, 0) is 24.6 Å². The van der Waals surface area contributed by atoms with E-state index in [0.29, 0.717) is 6.61 Å². The Labute approximate surface area is 95.6 Å². The molecule has 1 aromatic heterocycles. The lowest BCUT2D eigenvalue weighted by atomic mass is 10.2. The number of anilines is 1. The summed E-state index contributed by atoms with van der Waals surface area (Å²) < 4.78 is 4.78. The highest BCUT2D eigenvalue weighted by atomic mass is 16.5. The Bertz CT molecular complexity index is 386. The number of hydrogen-bond donors (Lipinski definition) is 0. The maximum atomic E-state index is 11.1. The second kappa shape index (κ2) is 5.90. The summed E-state index contributed by atoms with van der Waals surface area (Å²) in [6, 6.07) is 1.95. The molecule has 0 amide bonds. The second-order valence-corrected chi connectivity index (χ2v) is 3.46. The molecule has 1 heterocycles. The Hall–Kier alpha value is -1.84. The zero-order valence-electron chi connectivity index (χ0n) is 9.80. The quantitative estimate of drug-likeness (QED) is 0.572. The van der Waals surface area contributed by atoms with Crippen LogP contribution in [0.1, 0.15) is 12.5 Å². The number of carbonyl (C=O) groups excluding carboxylic acids is 1. The zero-order valence-corrected chi connectivity index (χ0v) is 9.80. The van der Waals surface area contributed by atoms with Crippen LogP contribution >= 0.6 is 0 Å². The van der Waals surface area contributed by atoms with Gasteiger partial charge in [-0.2, -0.15) is 0 Å². The number of esters is 1. The molecule has 16 heavy (non-hydrogen) atoms. The molecule has 0 saturated heterocycles. The first-order valence-electron chi connectivity index (χ1n) is 5.10. The van der Waals surface area contributed by atoms with Crippen molar-refractivity contribution in [3.63, 3.8) is 0 Å². The molecule has 86 valence electrons. The number of hydrogen-bond acceptors (Lipinski definition) is 4. The molecule has 0 atom stereocenters. The van der Waals surface area contributed by atoms with E-state index in [0.717, 1.165) is 11.3 Å². The van der Waals surface area contributed by atoms with Crippen LogP contribution in [0.2, 0.25) is 0 Å². The fourth-order valence-electron chi connectivity index (χ4n) is 1.14. The molecule has 4 heteroatoms. The van der Waals surface area contributed by atoms with Gasteiger partial charge in [-0.15, -0.1) is 0 Å². The minimum Gasteiger partial charge on any atom is -0.463 e. The van der Waals surface area contributed by atoms with Crippen molar-refractivity contribution in [3.05, 3.63) is 30.1 Å². The summed E-state index contributed by atoms with van der Waals surface area (Å²) in [5.41, 5.74) is 1.87. The Balaban J connectivity index is 2.74.